The first kappa shape index (κ1) is 12.8. The van der Waals surface area contributed by atoms with E-state index in [0.29, 0.717) is 5.92 Å². The molecule has 90 valence electrons. The highest BCUT2D eigenvalue weighted by atomic mass is 15.2. The van der Waals surface area contributed by atoms with Crippen LogP contribution in [-0.2, 0) is 0 Å². The Balaban J connectivity index is 2.67. The molecule has 1 aromatic rings. The summed E-state index contributed by atoms with van der Waals surface area (Å²) in [5.74, 6) is 2.70. The van der Waals surface area contributed by atoms with Crippen molar-refractivity contribution in [1.82, 2.24) is 4.98 Å². The summed E-state index contributed by atoms with van der Waals surface area (Å²) in [5.41, 5.74) is 0. The molecule has 1 rings (SSSR count). The Kier molecular flexibility index (Phi) is 5.09. The molecule has 1 N–H and O–H groups in total. The van der Waals surface area contributed by atoms with Gasteiger partial charge in [0.1, 0.15) is 11.6 Å². The van der Waals surface area contributed by atoms with Crippen LogP contribution in [0.5, 0.6) is 0 Å². The molecule has 1 aromatic heterocycles. The van der Waals surface area contributed by atoms with Gasteiger partial charge in [0.25, 0.3) is 0 Å². The van der Waals surface area contributed by atoms with Crippen molar-refractivity contribution < 1.29 is 0 Å². The molecule has 0 saturated heterocycles. The second-order valence-electron chi connectivity index (χ2n) is 4.31. The van der Waals surface area contributed by atoms with E-state index in [1.165, 1.54) is 6.42 Å². The average Bonchev–Trinajstić information content (AvgIpc) is 2.29. The Bertz CT molecular complexity index is 312. The zero-order valence-electron chi connectivity index (χ0n) is 10.8. The third-order valence-electron chi connectivity index (χ3n) is 2.77. The van der Waals surface area contributed by atoms with E-state index >= 15 is 0 Å². The number of hydrogen-bond acceptors (Lipinski definition) is 3. The lowest BCUT2D eigenvalue weighted by Crippen LogP contribution is -2.24. The van der Waals surface area contributed by atoms with Crippen molar-refractivity contribution in [2.45, 2.75) is 27.2 Å². The minimum Gasteiger partial charge on any atom is -0.370 e. The molecule has 0 aliphatic carbocycles. The predicted molar refractivity (Wildman–Crippen MR) is 71.1 cm³/mol. The van der Waals surface area contributed by atoms with Gasteiger partial charge in [-0.05, 0) is 25.0 Å². The zero-order valence-corrected chi connectivity index (χ0v) is 10.8. The molecule has 0 radical (unpaired) electrons. The van der Waals surface area contributed by atoms with Crippen LogP contribution in [0.15, 0.2) is 18.2 Å². The molecule has 3 heteroatoms. The van der Waals surface area contributed by atoms with Crippen molar-refractivity contribution in [2.75, 3.05) is 30.4 Å². The fraction of sp³-hybridized carbons (Fsp3) is 0.615. The molecule has 0 fully saturated rings. The predicted octanol–water partition coefficient (Wildman–Crippen LogP) is 3.00. The van der Waals surface area contributed by atoms with Gasteiger partial charge in [-0.15, -0.1) is 0 Å². The van der Waals surface area contributed by atoms with Crippen molar-refractivity contribution in [1.29, 1.82) is 0 Å². The standard InChI is InChI=1S/C13H23N3/c1-5-11(3)10-16(4)13-9-7-8-12(15-13)14-6-2/h7-9,11H,5-6,10H2,1-4H3,(H,14,15). The average molecular weight is 221 g/mol. The second-order valence-corrected chi connectivity index (χ2v) is 4.31. The van der Waals surface area contributed by atoms with Crippen LogP contribution in [0.1, 0.15) is 27.2 Å². The van der Waals surface area contributed by atoms with E-state index in [1.807, 2.05) is 12.1 Å². The lowest BCUT2D eigenvalue weighted by Gasteiger charge is -2.22. The highest BCUT2D eigenvalue weighted by Crippen LogP contribution is 2.14. The summed E-state index contributed by atoms with van der Waals surface area (Å²) in [6.45, 7) is 8.54. The van der Waals surface area contributed by atoms with Gasteiger partial charge in [-0.3, -0.25) is 0 Å². The topological polar surface area (TPSA) is 28.2 Å². The van der Waals surface area contributed by atoms with Gasteiger partial charge in [0, 0.05) is 20.1 Å². The Labute approximate surface area is 98.9 Å². The van der Waals surface area contributed by atoms with E-state index in [4.69, 9.17) is 0 Å². The molecule has 0 spiro atoms. The van der Waals surface area contributed by atoms with Crippen LogP contribution in [0, 0.1) is 5.92 Å². The van der Waals surface area contributed by atoms with Gasteiger partial charge < -0.3 is 10.2 Å². The van der Waals surface area contributed by atoms with E-state index < -0.39 is 0 Å². The van der Waals surface area contributed by atoms with Gasteiger partial charge in [-0.1, -0.05) is 26.3 Å². The second kappa shape index (κ2) is 6.36. The molecule has 1 atom stereocenters. The number of aromatic nitrogens is 1. The maximum Gasteiger partial charge on any atom is 0.130 e. The molecule has 1 heterocycles. The Morgan fingerprint density at radius 3 is 2.75 bits per heavy atom. The van der Waals surface area contributed by atoms with E-state index in [2.05, 4.69) is 49.1 Å². The van der Waals surface area contributed by atoms with Gasteiger partial charge in [-0.25, -0.2) is 4.98 Å². The SMILES string of the molecule is CCNc1cccc(N(C)CC(C)CC)n1. The zero-order chi connectivity index (χ0) is 12.0. The normalized spacial score (nSPS) is 12.2. The maximum absolute atomic E-state index is 4.56. The summed E-state index contributed by atoms with van der Waals surface area (Å²) >= 11 is 0. The van der Waals surface area contributed by atoms with Crippen LogP contribution in [-0.4, -0.2) is 25.1 Å². The molecular weight excluding hydrogens is 198 g/mol. The van der Waals surface area contributed by atoms with Crippen LogP contribution in [0.25, 0.3) is 0 Å². The number of nitrogens with one attached hydrogen (secondary N) is 1. The summed E-state index contributed by atoms with van der Waals surface area (Å²) in [4.78, 5) is 6.78. The van der Waals surface area contributed by atoms with Crippen LogP contribution in [0.3, 0.4) is 0 Å². The number of nitrogens with zero attached hydrogens (tertiary/aromatic N) is 2. The summed E-state index contributed by atoms with van der Waals surface area (Å²) in [6, 6.07) is 6.11. The molecule has 0 bridgehead atoms. The molecule has 1 unspecified atom stereocenters. The smallest absolute Gasteiger partial charge is 0.130 e. The fourth-order valence-corrected chi connectivity index (χ4v) is 1.61. The number of hydrogen-bond donors (Lipinski definition) is 1. The molecule has 3 nitrogen and oxygen atoms in total. The Morgan fingerprint density at radius 2 is 2.12 bits per heavy atom. The van der Waals surface area contributed by atoms with Crippen molar-refractivity contribution in [3.63, 3.8) is 0 Å². The first-order chi connectivity index (χ1) is 7.67. The number of rotatable bonds is 6. The van der Waals surface area contributed by atoms with Gasteiger partial charge >= 0.3 is 0 Å². The van der Waals surface area contributed by atoms with E-state index in [-0.39, 0.29) is 0 Å². The van der Waals surface area contributed by atoms with Crippen molar-refractivity contribution in [3.05, 3.63) is 18.2 Å². The molecule has 0 aliphatic heterocycles. The summed E-state index contributed by atoms with van der Waals surface area (Å²) in [7, 11) is 2.10. The molecule has 0 aliphatic rings. The van der Waals surface area contributed by atoms with E-state index in [1.54, 1.807) is 0 Å². The summed E-state index contributed by atoms with van der Waals surface area (Å²) in [5, 5.41) is 3.23. The third kappa shape index (κ3) is 3.72. The molecule has 0 amide bonds. The molecular formula is C13H23N3. The first-order valence-electron chi connectivity index (χ1n) is 6.09. The lowest BCUT2D eigenvalue weighted by atomic mass is 10.1. The minimum absolute atomic E-state index is 0.703. The van der Waals surface area contributed by atoms with E-state index in [0.717, 1.165) is 24.7 Å². The highest BCUT2D eigenvalue weighted by Gasteiger charge is 2.06. The van der Waals surface area contributed by atoms with Crippen molar-refractivity contribution in [3.8, 4) is 0 Å². The van der Waals surface area contributed by atoms with Gasteiger partial charge in [0.2, 0.25) is 0 Å². The number of pyridine rings is 1. The maximum atomic E-state index is 4.56. The van der Waals surface area contributed by atoms with Gasteiger partial charge in [0.05, 0.1) is 0 Å². The van der Waals surface area contributed by atoms with Crippen LogP contribution in [0.2, 0.25) is 0 Å². The monoisotopic (exact) mass is 221 g/mol. The minimum atomic E-state index is 0.703. The van der Waals surface area contributed by atoms with E-state index in [9.17, 15) is 0 Å². The number of anilines is 2. The Hall–Kier alpha value is -1.25. The van der Waals surface area contributed by atoms with Gasteiger partial charge in [0.15, 0.2) is 0 Å². The quantitative estimate of drug-likeness (QED) is 0.800. The summed E-state index contributed by atoms with van der Waals surface area (Å²) < 4.78 is 0. The van der Waals surface area contributed by atoms with Crippen LogP contribution >= 0.6 is 0 Å². The highest BCUT2D eigenvalue weighted by molar-refractivity contribution is 5.46. The molecule has 0 aromatic carbocycles. The van der Waals surface area contributed by atoms with Crippen molar-refractivity contribution >= 4 is 11.6 Å². The molecule has 16 heavy (non-hydrogen) atoms. The third-order valence-corrected chi connectivity index (χ3v) is 2.77. The van der Waals surface area contributed by atoms with Crippen molar-refractivity contribution in [2.24, 2.45) is 5.92 Å². The van der Waals surface area contributed by atoms with Crippen LogP contribution in [0.4, 0.5) is 11.6 Å². The van der Waals surface area contributed by atoms with Crippen LogP contribution < -0.4 is 10.2 Å². The fourth-order valence-electron chi connectivity index (χ4n) is 1.61. The summed E-state index contributed by atoms with van der Waals surface area (Å²) in [6.07, 6.45) is 1.21. The Morgan fingerprint density at radius 1 is 1.38 bits per heavy atom. The molecule has 0 saturated carbocycles. The largest absolute Gasteiger partial charge is 0.370 e. The first-order valence-corrected chi connectivity index (χ1v) is 6.09. The van der Waals surface area contributed by atoms with Gasteiger partial charge in [-0.2, -0.15) is 0 Å². The lowest BCUT2D eigenvalue weighted by molar-refractivity contribution is 0.558.